The third-order valence-electron chi connectivity index (χ3n) is 4.03. The fourth-order valence-corrected chi connectivity index (χ4v) is 2.86. The molecule has 1 N–H and O–H groups in total. The van der Waals surface area contributed by atoms with Crippen molar-refractivity contribution in [3.8, 4) is 0 Å². The summed E-state index contributed by atoms with van der Waals surface area (Å²) >= 11 is 0. The summed E-state index contributed by atoms with van der Waals surface area (Å²) in [5.41, 5.74) is 1.54. The molecule has 1 unspecified atom stereocenters. The number of aromatic nitrogens is 1. The van der Waals surface area contributed by atoms with Crippen LogP contribution in [0.5, 0.6) is 0 Å². The summed E-state index contributed by atoms with van der Waals surface area (Å²) in [5, 5.41) is 3.49. The monoisotopic (exact) mass is 250 g/mol. The average molecular weight is 250 g/mol. The van der Waals surface area contributed by atoms with Gasteiger partial charge in [-0.3, -0.25) is 0 Å². The van der Waals surface area contributed by atoms with E-state index in [0.29, 0.717) is 11.3 Å². The van der Waals surface area contributed by atoms with Crippen molar-refractivity contribution >= 4 is 0 Å². The Kier molecular flexibility index (Phi) is 3.54. The number of hydrogen-bond acceptors (Lipinski definition) is 3. The molecule has 1 heterocycles. The van der Waals surface area contributed by atoms with Crippen LogP contribution in [0.15, 0.2) is 10.8 Å². The van der Waals surface area contributed by atoms with Crippen LogP contribution in [0.25, 0.3) is 0 Å². The highest BCUT2D eigenvalue weighted by molar-refractivity contribution is 5.17. The Morgan fingerprint density at radius 1 is 1.44 bits per heavy atom. The topological polar surface area (TPSA) is 38.1 Å². The van der Waals surface area contributed by atoms with Crippen molar-refractivity contribution in [3.05, 3.63) is 17.8 Å². The van der Waals surface area contributed by atoms with Crippen molar-refractivity contribution < 1.29 is 4.42 Å². The lowest BCUT2D eigenvalue weighted by molar-refractivity contribution is 0.290. The second-order valence-corrected chi connectivity index (χ2v) is 7.20. The fraction of sp³-hybridized carbons (Fsp3) is 0.800. The van der Waals surface area contributed by atoms with Crippen LogP contribution < -0.4 is 5.32 Å². The van der Waals surface area contributed by atoms with E-state index in [1.165, 1.54) is 19.3 Å². The highest BCUT2D eigenvalue weighted by Gasteiger charge is 2.38. The molecule has 0 saturated heterocycles. The Morgan fingerprint density at radius 3 is 2.72 bits per heavy atom. The fourth-order valence-electron chi connectivity index (χ4n) is 2.86. The van der Waals surface area contributed by atoms with Gasteiger partial charge in [-0.05, 0) is 39.0 Å². The Labute approximate surface area is 110 Å². The van der Waals surface area contributed by atoms with Gasteiger partial charge in [0.05, 0.1) is 5.69 Å². The number of nitrogens with zero attached hydrogens (tertiary/aromatic N) is 1. The van der Waals surface area contributed by atoms with Gasteiger partial charge < -0.3 is 9.73 Å². The molecule has 18 heavy (non-hydrogen) atoms. The molecule has 102 valence electrons. The van der Waals surface area contributed by atoms with Crippen LogP contribution in [-0.2, 0) is 6.54 Å². The van der Waals surface area contributed by atoms with Crippen molar-refractivity contribution in [2.45, 2.75) is 71.9 Å². The first kappa shape index (κ1) is 13.6. The first-order chi connectivity index (χ1) is 8.30. The van der Waals surface area contributed by atoms with Gasteiger partial charge in [-0.15, -0.1) is 0 Å². The maximum Gasteiger partial charge on any atom is 0.181 e. The van der Waals surface area contributed by atoms with Gasteiger partial charge in [0.15, 0.2) is 6.39 Å². The largest absolute Gasteiger partial charge is 0.448 e. The summed E-state index contributed by atoms with van der Waals surface area (Å²) in [6, 6.07) is 0. The lowest BCUT2D eigenvalue weighted by atomic mass is 9.80. The molecule has 1 aromatic heterocycles. The van der Waals surface area contributed by atoms with Gasteiger partial charge >= 0.3 is 0 Å². The van der Waals surface area contributed by atoms with Gasteiger partial charge in [0.2, 0.25) is 0 Å². The van der Waals surface area contributed by atoms with Crippen LogP contribution in [0.3, 0.4) is 0 Å². The molecule has 0 bridgehead atoms. The summed E-state index contributed by atoms with van der Waals surface area (Å²) in [6.45, 7) is 12.0. The van der Waals surface area contributed by atoms with Gasteiger partial charge in [0.1, 0.15) is 5.76 Å². The van der Waals surface area contributed by atoms with Crippen LogP contribution in [0.2, 0.25) is 0 Å². The molecule has 0 amide bonds. The molecule has 0 aliphatic heterocycles. The molecular weight excluding hydrogens is 224 g/mol. The van der Waals surface area contributed by atoms with Crippen molar-refractivity contribution in [1.82, 2.24) is 10.3 Å². The van der Waals surface area contributed by atoms with E-state index in [2.05, 4.69) is 44.9 Å². The molecule has 1 aliphatic carbocycles. The molecule has 3 heteroatoms. The van der Waals surface area contributed by atoms with E-state index in [4.69, 9.17) is 4.42 Å². The molecule has 0 radical (unpaired) electrons. The molecule has 1 atom stereocenters. The van der Waals surface area contributed by atoms with Crippen LogP contribution in [-0.4, -0.2) is 10.5 Å². The second-order valence-electron chi connectivity index (χ2n) is 7.20. The van der Waals surface area contributed by atoms with Crippen molar-refractivity contribution in [3.63, 3.8) is 0 Å². The van der Waals surface area contributed by atoms with Crippen molar-refractivity contribution in [1.29, 1.82) is 0 Å². The predicted octanol–water partition coefficient (Wildman–Crippen LogP) is 3.86. The first-order valence-electron chi connectivity index (χ1n) is 6.97. The third-order valence-corrected chi connectivity index (χ3v) is 4.03. The standard InChI is InChI=1S/C15H26N2O/c1-14(2,3)17-9-12-13(18-10-16-12)11-7-6-8-15(11,4)5/h10-11,17H,6-9H2,1-5H3. The van der Waals surface area contributed by atoms with E-state index in [9.17, 15) is 0 Å². The quantitative estimate of drug-likeness (QED) is 0.885. The summed E-state index contributed by atoms with van der Waals surface area (Å²) in [6.07, 6.45) is 5.41. The molecular formula is C15H26N2O. The van der Waals surface area contributed by atoms with Gasteiger partial charge in [-0.1, -0.05) is 20.3 Å². The predicted molar refractivity (Wildman–Crippen MR) is 73.5 cm³/mol. The average Bonchev–Trinajstić information content (AvgIpc) is 2.79. The van der Waals surface area contributed by atoms with Crippen molar-refractivity contribution in [2.24, 2.45) is 5.41 Å². The first-order valence-corrected chi connectivity index (χ1v) is 6.97. The highest BCUT2D eigenvalue weighted by Crippen LogP contribution is 2.49. The number of oxazole rings is 1. The minimum absolute atomic E-state index is 0.113. The van der Waals surface area contributed by atoms with Gasteiger partial charge in [-0.25, -0.2) is 4.98 Å². The van der Waals surface area contributed by atoms with Crippen LogP contribution >= 0.6 is 0 Å². The Balaban J connectivity index is 2.13. The van der Waals surface area contributed by atoms with Crippen LogP contribution in [0.1, 0.15) is 71.3 Å². The SMILES string of the molecule is CC(C)(C)NCc1ncoc1C1CCCC1(C)C. The van der Waals surface area contributed by atoms with E-state index in [1.807, 2.05) is 0 Å². The van der Waals surface area contributed by atoms with Gasteiger partial charge in [0, 0.05) is 18.0 Å². The molecule has 0 aromatic carbocycles. The summed E-state index contributed by atoms with van der Waals surface area (Å²) in [5.74, 6) is 1.63. The minimum Gasteiger partial charge on any atom is -0.448 e. The summed E-state index contributed by atoms with van der Waals surface area (Å²) in [4.78, 5) is 4.40. The number of rotatable bonds is 3. The lowest BCUT2D eigenvalue weighted by Crippen LogP contribution is -2.35. The van der Waals surface area contributed by atoms with Crippen LogP contribution in [0, 0.1) is 5.41 Å². The normalized spacial score (nSPS) is 23.5. The van der Waals surface area contributed by atoms with E-state index in [-0.39, 0.29) is 5.54 Å². The maximum atomic E-state index is 5.70. The minimum atomic E-state index is 0.113. The maximum absolute atomic E-state index is 5.70. The second kappa shape index (κ2) is 4.69. The van der Waals surface area contributed by atoms with E-state index < -0.39 is 0 Å². The molecule has 1 saturated carbocycles. The smallest absolute Gasteiger partial charge is 0.181 e. The zero-order chi connectivity index (χ0) is 13.4. The molecule has 0 spiro atoms. The van der Waals surface area contributed by atoms with Gasteiger partial charge in [-0.2, -0.15) is 0 Å². The molecule has 1 aromatic rings. The lowest BCUT2D eigenvalue weighted by Gasteiger charge is -2.26. The van der Waals surface area contributed by atoms with E-state index >= 15 is 0 Å². The Hall–Kier alpha value is -0.830. The van der Waals surface area contributed by atoms with Crippen LogP contribution in [0.4, 0.5) is 0 Å². The summed E-state index contributed by atoms with van der Waals surface area (Å²) < 4.78 is 5.70. The van der Waals surface area contributed by atoms with Gasteiger partial charge in [0.25, 0.3) is 0 Å². The molecule has 1 fully saturated rings. The number of nitrogens with one attached hydrogen (secondary N) is 1. The zero-order valence-corrected chi connectivity index (χ0v) is 12.3. The molecule has 2 rings (SSSR count). The third kappa shape index (κ3) is 2.94. The van der Waals surface area contributed by atoms with E-state index in [0.717, 1.165) is 18.0 Å². The van der Waals surface area contributed by atoms with E-state index in [1.54, 1.807) is 6.39 Å². The Bertz CT molecular complexity index is 401. The zero-order valence-electron chi connectivity index (χ0n) is 12.3. The Morgan fingerprint density at radius 2 is 2.17 bits per heavy atom. The number of hydrogen-bond donors (Lipinski definition) is 1. The molecule has 1 aliphatic rings. The summed E-state index contributed by atoms with van der Waals surface area (Å²) in [7, 11) is 0. The highest BCUT2D eigenvalue weighted by atomic mass is 16.3. The molecule has 3 nitrogen and oxygen atoms in total. The van der Waals surface area contributed by atoms with Crippen molar-refractivity contribution in [2.75, 3.05) is 0 Å².